The summed E-state index contributed by atoms with van der Waals surface area (Å²) in [7, 11) is -3.95. The van der Waals surface area contributed by atoms with Gasteiger partial charge in [0.05, 0.1) is 8.07 Å². The van der Waals surface area contributed by atoms with Crippen LogP contribution in [0.5, 0.6) is 0 Å². The maximum atomic E-state index is 14.5. The first-order valence-corrected chi connectivity index (χ1v) is 22.2. The lowest BCUT2D eigenvalue weighted by Crippen LogP contribution is -2.72. The summed E-state index contributed by atoms with van der Waals surface area (Å²) in [4.78, 5) is 14.5. The summed E-state index contributed by atoms with van der Waals surface area (Å²) in [5.41, 5.74) is 2.56. The van der Waals surface area contributed by atoms with E-state index < -0.39 is 16.1 Å². The topological polar surface area (TPSA) is 17.1 Å². The molecule has 4 aromatic rings. The molecule has 0 saturated carbocycles. The lowest BCUT2D eigenvalue weighted by atomic mass is 9.74. The van der Waals surface area contributed by atoms with Crippen LogP contribution in [-0.4, -0.2) is 21.6 Å². The second kappa shape index (κ2) is 14.0. The van der Waals surface area contributed by atoms with Gasteiger partial charge in [-0.1, -0.05) is 188 Å². The highest BCUT2D eigenvalue weighted by Crippen LogP contribution is 2.39. The second-order valence-corrected chi connectivity index (χ2v) is 24.6. The number of hydrogen-bond acceptors (Lipinski definition) is 1. The minimum atomic E-state index is -2.97. The van der Waals surface area contributed by atoms with Crippen LogP contribution in [-0.2, 0) is 5.41 Å². The molecule has 236 valence electrons. The zero-order chi connectivity index (χ0) is 32.9. The van der Waals surface area contributed by atoms with Crippen molar-refractivity contribution in [2.75, 3.05) is 0 Å². The quantitative estimate of drug-likeness (QED) is 0.153. The first kappa shape index (κ1) is 34.6. The van der Waals surface area contributed by atoms with Crippen LogP contribution in [0.2, 0.25) is 19.6 Å². The van der Waals surface area contributed by atoms with Gasteiger partial charge >= 0.3 is 0 Å². The number of rotatable bonds is 6. The van der Waals surface area contributed by atoms with Crippen molar-refractivity contribution >= 4 is 37.1 Å². The minimum absolute atomic E-state index is 0.0500. The molecule has 1 aliphatic carbocycles. The van der Waals surface area contributed by atoms with Gasteiger partial charge in [0.15, 0.2) is 5.41 Å². The van der Waals surface area contributed by atoms with E-state index in [1.54, 1.807) is 5.20 Å². The van der Waals surface area contributed by atoms with E-state index in [2.05, 4.69) is 116 Å². The van der Waals surface area contributed by atoms with Crippen LogP contribution in [0.3, 0.4) is 0 Å². The van der Waals surface area contributed by atoms with Crippen LogP contribution in [0.25, 0.3) is 0 Å². The average Bonchev–Trinajstić information content (AvgIpc) is 3.02. The SMILES string of the molecule is CC(C)(C)C1CC=C([Si](C)(C)C)CC1.CC(C)(C)c1ccc(C(=O)[Si](c2ccccc2)(c2ccccc2)c2ccccc2)cc1. The van der Waals surface area contributed by atoms with E-state index >= 15 is 0 Å². The Morgan fingerprint density at radius 3 is 1.36 bits per heavy atom. The number of benzene rings is 4. The van der Waals surface area contributed by atoms with Crippen molar-refractivity contribution < 1.29 is 4.79 Å². The van der Waals surface area contributed by atoms with Gasteiger partial charge in [-0.3, -0.25) is 4.79 Å². The number of allylic oxidation sites excluding steroid dienone is 2. The minimum Gasteiger partial charge on any atom is -0.299 e. The molecule has 0 aromatic heterocycles. The summed E-state index contributed by atoms with van der Waals surface area (Å²) in [5, 5.41) is 5.35. The zero-order valence-corrected chi connectivity index (χ0v) is 31.2. The van der Waals surface area contributed by atoms with Gasteiger partial charge in [-0.05, 0) is 57.1 Å². The predicted octanol–water partition coefficient (Wildman–Crippen LogP) is 9.51. The van der Waals surface area contributed by atoms with Crippen molar-refractivity contribution in [2.24, 2.45) is 11.3 Å². The molecule has 1 unspecified atom stereocenters. The number of carbonyl (C=O) groups is 1. The molecule has 0 saturated heterocycles. The van der Waals surface area contributed by atoms with E-state index in [0.717, 1.165) is 27.0 Å². The Morgan fingerprint density at radius 1 is 0.622 bits per heavy atom. The Balaban J connectivity index is 0.000000276. The number of carbonyl (C=O) groups excluding carboxylic acids is 1. The van der Waals surface area contributed by atoms with E-state index in [4.69, 9.17) is 0 Å². The molecule has 4 aromatic carbocycles. The van der Waals surface area contributed by atoms with Crippen LogP contribution in [0.4, 0.5) is 0 Å². The molecule has 0 heterocycles. The summed E-state index contributed by atoms with van der Waals surface area (Å²) in [6, 6.07) is 39.2. The fourth-order valence-corrected chi connectivity index (χ4v) is 12.7. The standard InChI is InChI=1S/C29H28OSi.C13H26Si/c1-29(2,3)24-21-19-23(20-22-24)28(30)31(25-13-7-4-8-14-25,26-15-9-5-10-16-26)27-17-11-6-12-18-27;1-13(2,3)11-7-9-12(10-8-11)14(4,5)6/h4-22H,1-3H3;9,11H,7-8,10H2,1-6H3. The lowest BCUT2D eigenvalue weighted by molar-refractivity contribution is 0.107. The Kier molecular flexibility index (Phi) is 10.8. The van der Waals surface area contributed by atoms with Gasteiger partial charge in [0.2, 0.25) is 8.07 Å². The molecule has 3 heteroatoms. The number of hydrogen-bond donors (Lipinski definition) is 0. The van der Waals surface area contributed by atoms with Crippen LogP contribution < -0.4 is 15.6 Å². The summed E-state index contributed by atoms with van der Waals surface area (Å²) < 4.78 is 0. The third-order valence-corrected chi connectivity index (χ3v) is 16.5. The Morgan fingerprint density at radius 2 is 1.04 bits per heavy atom. The smallest absolute Gasteiger partial charge is 0.230 e. The highest BCUT2D eigenvalue weighted by Gasteiger charge is 2.47. The summed E-state index contributed by atoms with van der Waals surface area (Å²) in [6.07, 6.45) is 6.67. The first-order valence-electron chi connectivity index (χ1n) is 16.7. The molecule has 0 aliphatic heterocycles. The van der Waals surface area contributed by atoms with Crippen molar-refractivity contribution in [2.45, 2.75) is 85.9 Å². The molecule has 45 heavy (non-hydrogen) atoms. The molecule has 0 amide bonds. The molecular weight excluding hydrogens is 577 g/mol. The summed E-state index contributed by atoms with van der Waals surface area (Å²) in [5.74, 6) is 0.905. The fourth-order valence-electron chi connectivity index (χ4n) is 6.60. The Labute approximate surface area is 275 Å². The van der Waals surface area contributed by atoms with Gasteiger partial charge in [-0.2, -0.15) is 0 Å². The second-order valence-electron chi connectivity index (χ2n) is 15.8. The molecule has 0 radical (unpaired) electrons. The molecule has 0 N–H and O–H groups in total. The maximum absolute atomic E-state index is 14.5. The molecule has 0 spiro atoms. The molecule has 0 fully saturated rings. The van der Waals surface area contributed by atoms with Crippen molar-refractivity contribution in [3.63, 3.8) is 0 Å². The lowest BCUT2D eigenvalue weighted by Gasteiger charge is -2.35. The molecule has 1 atom stereocenters. The van der Waals surface area contributed by atoms with E-state index in [0.29, 0.717) is 5.41 Å². The van der Waals surface area contributed by atoms with Gasteiger partial charge in [0.1, 0.15) is 0 Å². The van der Waals surface area contributed by atoms with Gasteiger partial charge < -0.3 is 0 Å². The molecule has 0 bridgehead atoms. The van der Waals surface area contributed by atoms with Crippen LogP contribution in [0.15, 0.2) is 127 Å². The van der Waals surface area contributed by atoms with Crippen molar-refractivity contribution in [1.82, 2.24) is 0 Å². The third-order valence-electron chi connectivity index (χ3n) is 9.57. The maximum Gasteiger partial charge on any atom is 0.230 e. The third kappa shape index (κ3) is 8.12. The van der Waals surface area contributed by atoms with E-state index in [1.807, 2.05) is 66.7 Å². The monoisotopic (exact) mass is 630 g/mol. The van der Waals surface area contributed by atoms with Crippen LogP contribution >= 0.6 is 0 Å². The molecule has 1 nitrogen and oxygen atoms in total. The summed E-state index contributed by atoms with van der Waals surface area (Å²) in [6.45, 7) is 21.1. The van der Waals surface area contributed by atoms with E-state index in [9.17, 15) is 4.79 Å². The van der Waals surface area contributed by atoms with Gasteiger partial charge in [0.25, 0.3) is 0 Å². The average molecular weight is 631 g/mol. The van der Waals surface area contributed by atoms with Gasteiger partial charge in [-0.25, -0.2) is 0 Å². The van der Waals surface area contributed by atoms with Crippen LogP contribution in [0.1, 0.15) is 76.7 Å². The zero-order valence-electron chi connectivity index (χ0n) is 29.2. The predicted molar refractivity (Wildman–Crippen MR) is 202 cm³/mol. The first-order chi connectivity index (χ1) is 21.1. The Hall–Kier alpha value is -3.28. The normalized spacial score (nSPS) is 15.8. The molecule has 1 aliphatic rings. The highest BCUT2D eigenvalue weighted by molar-refractivity contribution is 7.31. The van der Waals surface area contributed by atoms with E-state index in [-0.39, 0.29) is 10.8 Å². The molecular formula is C42H54OSi2. The van der Waals surface area contributed by atoms with E-state index in [1.165, 1.54) is 24.8 Å². The van der Waals surface area contributed by atoms with Gasteiger partial charge in [0, 0.05) is 5.56 Å². The fraction of sp³-hybridized carbons (Fsp3) is 0.357. The van der Waals surface area contributed by atoms with Crippen molar-refractivity contribution in [3.05, 3.63) is 138 Å². The van der Waals surface area contributed by atoms with Crippen molar-refractivity contribution in [3.8, 4) is 0 Å². The van der Waals surface area contributed by atoms with Gasteiger partial charge in [-0.15, -0.1) is 0 Å². The summed E-state index contributed by atoms with van der Waals surface area (Å²) >= 11 is 0. The largest absolute Gasteiger partial charge is 0.299 e. The van der Waals surface area contributed by atoms with Crippen molar-refractivity contribution in [1.29, 1.82) is 0 Å². The highest BCUT2D eigenvalue weighted by atomic mass is 28.3. The Bertz CT molecular complexity index is 1450. The molecule has 5 rings (SSSR count). The van der Waals surface area contributed by atoms with Crippen LogP contribution in [0, 0.1) is 11.3 Å².